The average Bonchev–Trinajstić information content (AvgIpc) is 3.07. The van der Waals surface area contributed by atoms with Crippen molar-refractivity contribution >= 4 is 27.2 Å². The van der Waals surface area contributed by atoms with Gasteiger partial charge in [0.25, 0.3) is 5.01 Å². The summed E-state index contributed by atoms with van der Waals surface area (Å²) in [6.07, 6.45) is 5.99. The zero-order chi connectivity index (χ0) is 12.4. The van der Waals surface area contributed by atoms with Crippen LogP contribution in [0, 0.1) is 0 Å². The number of aromatic nitrogens is 3. The van der Waals surface area contributed by atoms with E-state index >= 15 is 0 Å². The molecule has 0 aliphatic carbocycles. The first-order valence-electron chi connectivity index (χ1n) is 6.27. The average molecular weight is 264 g/mol. The van der Waals surface area contributed by atoms with Crippen molar-refractivity contribution in [3.8, 4) is 10.6 Å². The molecule has 4 aromatic rings. The number of fused-ring (bicyclic) bond motifs is 7. The van der Waals surface area contributed by atoms with Gasteiger partial charge < -0.3 is 4.40 Å². The van der Waals surface area contributed by atoms with Crippen LogP contribution in [0.15, 0.2) is 48.9 Å². The lowest BCUT2D eigenvalue weighted by Crippen LogP contribution is -2.29. The molecule has 0 radical (unpaired) electrons. The van der Waals surface area contributed by atoms with Gasteiger partial charge in [0.1, 0.15) is 0 Å². The van der Waals surface area contributed by atoms with Gasteiger partial charge in [0.15, 0.2) is 11.4 Å². The Balaban J connectivity index is 1.93. The maximum Gasteiger partial charge on any atom is 0.273 e. The van der Waals surface area contributed by atoms with Crippen molar-refractivity contribution in [2.45, 2.75) is 6.54 Å². The lowest BCUT2D eigenvalue weighted by Gasteiger charge is -1.91. The van der Waals surface area contributed by atoms with E-state index in [0.29, 0.717) is 0 Å². The van der Waals surface area contributed by atoms with Gasteiger partial charge in [0, 0.05) is 30.2 Å². The highest BCUT2D eigenvalue weighted by Gasteiger charge is 2.33. The highest BCUT2D eigenvalue weighted by molar-refractivity contribution is 7.20. The molecule has 19 heavy (non-hydrogen) atoms. The van der Waals surface area contributed by atoms with Crippen molar-refractivity contribution in [1.29, 1.82) is 0 Å². The number of pyridine rings is 2. The maximum atomic E-state index is 4.26. The Morgan fingerprint density at radius 1 is 1.26 bits per heavy atom. The van der Waals surface area contributed by atoms with Crippen LogP contribution in [0.5, 0.6) is 0 Å². The Morgan fingerprint density at radius 3 is 3.26 bits per heavy atom. The van der Waals surface area contributed by atoms with Crippen molar-refractivity contribution in [2.24, 2.45) is 0 Å². The molecule has 0 spiro atoms. The number of thiazole rings is 1. The first-order valence-corrected chi connectivity index (χ1v) is 7.09. The van der Waals surface area contributed by atoms with Crippen LogP contribution >= 0.6 is 11.3 Å². The first-order chi connectivity index (χ1) is 9.42. The summed E-state index contributed by atoms with van der Waals surface area (Å²) >= 11 is 1.85. The largest absolute Gasteiger partial charge is 0.303 e. The molecule has 0 amide bonds. The van der Waals surface area contributed by atoms with Gasteiger partial charge in [-0.05, 0) is 29.5 Å². The highest BCUT2D eigenvalue weighted by Crippen LogP contribution is 2.35. The summed E-state index contributed by atoms with van der Waals surface area (Å²) in [6, 6.07) is 10.7. The summed E-state index contributed by atoms with van der Waals surface area (Å²) in [5.74, 6) is 0. The van der Waals surface area contributed by atoms with Crippen molar-refractivity contribution < 1.29 is 4.57 Å². The summed E-state index contributed by atoms with van der Waals surface area (Å²) in [7, 11) is 0. The van der Waals surface area contributed by atoms with Gasteiger partial charge in [-0.25, -0.2) is 0 Å². The molecule has 4 aromatic heterocycles. The molecule has 0 saturated carbocycles. The third kappa shape index (κ3) is 1.12. The van der Waals surface area contributed by atoms with Gasteiger partial charge in [0.2, 0.25) is 5.52 Å². The smallest absolute Gasteiger partial charge is 0.273 e. The summed E-state index contributed by atoms with van der Waals surface area (Å²) in [4.78, 5) is 5.58. The molecule has 1 aliphatic heterocycles. The van der Waals surface area contributed by atoms with Gasteiger partial charge in [0.05, 0.1) is 11.1 Å². The molecule has 0 aromatic carbocycles. The topological polar surface area (TPSA) is 21.2 Å². The molecular formula is C15H10N3S+. The van der Waals surface area contributed by atoms with E-state index in [4.69, 9.17) is 0 Å². The highest BCUT2D eigenvalue weighted by atomic mass is 32.1. The van der Waals surface area contributed by atoms with Crippen LogP contribution in [0.1, 0.15) is 5.56 Å². The van der Waals surface area contributed by atoms with E-state index in [1.54, 1.807) is 0 Å². The second kappa shape index (κ2) is 3.22. The van der Waals surface area contributed by atoms with Crippen LogP contribution in [0.25, 0.3) is 26.4 Å². The fourth-order valence-electron chi connectivity index (χ4n) is 2.92. The van der Waals surface area contributed by atoms with Gasteiger partial charge in [-0.2, -0.15) is 4.57 Å². The third-order valence-corrected chi connectivity index (χ3v) is 5.05. The predicted molar refractivity (Wildman–Crippen MR) is 75.3 cm³/mol. The Bertz CT molecular complexity index is 949. The molecule has 0 fully saturated rings. The van der Waals surface area contributed by atoms with Crippen molar-refractivity contribution in [3.05, 3.63) is 54.5 Å². The van der Waals surface area contributed by atoms with E-state index in [1.807, 2.05) is 23.7 Å². The monoisotopic (exact) mass is 264 g/mol. The minimum Gasteiger partial charge on any atom is -0.303 e. The van der Waals surface area contributed by atoms with Crippen molar-refractivity contribution in [1.82, 2.24) is 9.38 Å². The van der Waals surface area contributed by atoms with Crippen LogP contribution in [-0.2, 0) is 6.54 Å². The lowest BCUT2D eigenvalue weighted by atomic mass is 10.2. The van der Waals surface area contributed by atoms with Crippen LogP contribution in [0.2, 0.25) is 0 Å². The van der Waals surface area contributed by atoms with E-state index in [2.05, 4.69) is 50.5 Å². The Labute approximate surface area is 113 Å². The Morgan fingerprint density at radius 2 is 2.26 bits per heavy atom. The number of rotatable bonds is 0. The summed E-state index contributed by atoms with van der Waals surface area (Å²) in [6.45, 7) is 0.962. The van der Waals surface area contributed by atoms with E-state index in [-0.39, 0.29) is 0 Å². The standard InChI is InChI=1S/C15H10N3S/c1-2-6-17-11(3-1)7-13-15(17)19-14-12-8-16-5-4-10(12)9-18(13)14/h1-8H,9H2/q+1. The molecule has 1 aliphatic rings. The summed E-state index contributed by atoms with van der Waals surface area (Å²) in [5.41, 5.74) is 5.24. The van der Waals surface area contributed by atoms with E-state index < -0.39 is 0 Å². The molecule has 5 rings (SSSR count). The lowest BCUT2D eigenvalue weighted by molar-refractivity contribution is -0.641. The van der Waals surface area contributed by atoms with Crippen LogP contribution < -0.4 is 4.57 Å². The van der Waals surface area contributed by atoms with E-state index in [1.165, 1.54) is 32.0 Å². The Kier molecular flexibility index (Phi) is 1.64. The molecule has 0 atom stereocenters. The van der Waals surface area contributed by atoms with Crippen LogP contribution in [0.3, 0.4) is 0 Å². The predicted octanol–water partition coefficient (Wildman–Crippen LogP) is 2.87. The number of hydrogen-bond donors (Lipinski definition) is 0. The molecule has 3 nitrogen and oxygen atoms in total. The minimum atomic E-state index is 0.962. The maximum absolute atomic E-state index is 4.26. The second-order valence-corrected chi connectivity index (χ2v) is 5.83. The van der Waals surface area contributed by atoms with E-state index in [0.717, 1.165) is 6.54 Å². The zero-order valence-electron chi connectivity index (χ0n) is 10.1. The van der Waals surface area contributed by atoms with Gasteiger partial charge >= 0.3 is 0 Å². The molecule has 0 bridgehead atoms. The van der Waals surface area contributed by atoms with Crippen molar-refractivity contribution in [3.63, 3.8) is 0 Å². The van der Waals surface area contributed by atoms with Crippen molar-refractivity contribution in [2.75, 3.05) is 0 Å². The summed E-state index contributed by atoms with van der Waals surface area (Å²) < 4.78 is 4.67. The molecule has 90 valence electrons. The van der Waals surface area contributed by atoms with Gasteiger partial charge in [-0.1, -0.05) is 6.07 Å². The molecule has 5 heterocycles. The first kappa shape index (κ1) is 9.69. The second-order valence-electron chi connectivity index (χ2n) is 4.86. The third-order valence-electron chi connectivity index (χ3n) is 3.81. The molecule has 0 N–H and O–H groups in total. The fourth-order valence-corrected chi connectivity index (χ4v) is 4.20. The number of hydrogen-bond acceptors (Lipinski definition) is 2. The Hall–Kier alpha value is -2.20. The molecule has 4 heteroatoms. The van der Waals surface area contributed by atoms with Crippen LogP contribution in [-0.4, -0.2) is 9.38 Å². The molecular weight excluding hydrogens is 254 g/mol. The SMILES string of the molecule is c1ccn2c(c1)cc1c2sc2[n+]1Cc1ccncc1-2. The normalized spacial score (nSPS) is 13.1. The number of nitrogens with zero attached hydrogens (tertiary/aromatic N) is 3. The van der Waals surface area contributed by atoms with E-state index in [9.17, 15) is 0 Å². The van der Waals surface area contributed by atoms with Gasteiger partial charge in [-0.3, -0.25) is 4.98 Å². The van der Waals surface area contributed by atoms with Crippen LogP contribution in [0.4, 0.5) is 0 Å². The fraction of sp³-hybridized carbons (Fsp3) is 0.0667. The molecule has 0 unspecified atom stereocenters. The summed E-state index contributed by atoms with van der Waals surface area (Å²) in [5, 5.41) is 1.33. The molecule has 0 saturated heterocycles. The quantitative estimate of drug-likeness (QED) is 0.394. The zero-order valence-corrected chi connectivity index (χ0v) is 10.9. The minimum absolute atomic E-state index is 0.962. The van der Waals surface area contributed by atoms with Gasteiger partial charge in [-0.15, -0.1) is 0 Å².